The van der Waals surface area contributed by atoms with E-state index < -0.39 is 0 Å². The number of aromatic nitrogens is 6. The number of aromatic amines is 2. The Labute approximate surface area is 192 Å². The Kier molecular flexibility index (Phi) is 7.63. The monoisotopic (exact) mass is 472 g/mol. The molecule has 32 heavy (non-hydrogen) atoms. The highest BCUT2D eigenvalue weighted by molar-refractivity contribution is 7.71. The van der Waals surface area contributed by atoms with Crippen molar-refractivity contribution in [1.82, 2.24) is 29.7 Å². The maximum absolute atomic E-state index is 12.6. The third-order valence-electron chi connectivity index (χ3n) is 4.01. The van der Waals surface area contributed by atoms with E-state index in [-0.39, 0.29) is 11.6 Å². The Morgan fingerprint density at radius 1 is 0.719 bits per heavy atom. The van der Waals surface area contributed by atoms with E-state index in [0.717, 1.165) is 11.1 Å². The third-order valence-corrected chi connectivity index (χ3v) is 4.54. The van der Waals surface area contributed by atoms with E-state index in [1.165, 1.54) is 33.6 Å². The minimum absolute atomic E-state index is 0.270. The van der Waals surface area contributed by atoms with E-state index in [4.69, 9.17) is 24.4 Å². The molecule has 2 aromatic heterocycles. The summed E-state index contributed by atoms with van der Waals surface area (Å²) in [7, 11) is 0. The van der Waals surface area contributed by atoms with E-state index in [1.54, 1.807) is 50.5 Å². The lowest BCUT2D eigenvalue weighted by Gasteiger charge is -1.94. The van der Waals surface area contributed by atoms with Gasteiger partial charge in [-0.1, -0.05) is 24.3 Å². The van der Waals surface area contributed by atoms with E-state index in [0.29, 0.717) is 21.2 Å². The molecule has 0 aliphatic carbocycles. The summed E-state index contributed by atoms with van der Waals surface area (Å²) in [5.41, 5.74) is 1.59. The highest BCUT2D eigenvalue weighted by atomic mass is 32.1. The van der Waals surface area contributed by atoms with Gasteiger partial charge < -0.3 is 0 Å². The number of nitrogens with one attached hydrogen (secondary N) is 2. The lowest BCUT2D eigenvalue weighted by Crippen LogP contribution is -1.93. The largest absolute Gasteiger partial charge is 0.250 e. The number of benzene rings is 2. The van der Waals surface area contributed by atoms with Gasteiger partial charge in [-0.2, -0.15) is 29.8 Å². The van der Waals surface area contributed by atoms with Crippen LogP contribution in [0.2, 0.25) is 0 Å². The Bertz CT molecular complexity index is 1240. The van der Waals surface area contributed by atoms with Gasteiger partial charge in [0.15, 0.2) is 0 Å². The van der Waals surface area contributed by atoms with Gasteiger partial charge in [-0.25, -0.2) is 8.78 Å². The maximum Gasteiger partial charge on any atom is 0.216 e. The summed E-state index contributed by atoms with van der Waals surface area (Å²) in [6.45, 7) is 3.57. The molecule has 0 saturated carbocycles. The second-order valence-corrected chi connectivity index (χ2v) is 7.14. The van der Waals surface area contributed by atoms with Crippen molar-refractivity contribution in [2.45, 2.75) is 13.8 Å². The first-order chi connectivity index (χ1) is 15.3. The summed E-state index contributed by atoms with van der Waals surface area (Å²) in [4.78, 5) is 0. The zero-order valence-corrected chi connectivity index (χ0v) is 18.7. The first-order valence-electron chi connectivity index (χ1n) is 9.21. The molecule has 0 radical (unpaired) electrons. The summed E-state index contributed by atoms with van der Waals surface area (Å²) >= 11 is 9.96. The molecule has 2 aromatic carbocycles. The zero-order chi connectivity index (χ0) is 23.1. The van der Waals surface area contributed by atoms with Gasteiger partial charge in [0.1, 0.15) is 23.3 Å². The molecule has 4 rings (SSSR count). The molecule has 0 aliphatic rings. The Hall–Kier alpha value is -3.64. The van der Waals surface area contributed by atoms with Crippen LogP contribution in [0.1, 0.15) is 22.8 Å². The highest BCUT2D eigenvalue weighted by Crippen LogP contribution is 2.02. The molecule has 164 valence electrons. The average molecular weight is 473 g/mol. The molecule has 2 N–H and O–H groups in total. The molecule has 0 saturated heterocycles. The highest BCUT2D eigenvalue weighted by Gasteiger charge is 1.98. The molecule has 8 nitrogen and oxygen atoms in total. The minimum atomic E-state index is -0.270. The maximum atomic E-state index is 12.6. The molecular weight excluding hydrogens is 454 g/mol. The Morgan fingerprint density at radius 3 is 1.34 bits per heavy atom. The molecule has 12 heteroatoms. The second kappa shape index (κ2) is 10.6. The van der Waals surface area contributed by atoms with Crippen molar-refractivity contribution in [3.63, 3.8) is 0 Å². The summed E-state index contributed by atoms with van der Waals surface area (Å²) in [5.74, 6) is 0.799. The second-order valence-electron chi connectivity index (χ2n) is 6.37. The van der Waals surface area contributed by atoms with E-state index >= 15 is 0 Å². The van der Waals surface area contributed by atoms with Crippen LogP contribution in [0.15, 0.2) is 58.7 Å². The van der Waals surface area contributed by atoms with E-state index in [9.17, 15) is 8.78 Å². The fraction of sp³-hybridized carbons (Fsp3) is 0.100. The molecule has 0 bridgehead atoms. The lowest BCUT2D eigenvalue weighted by atomic mass is 10.2. The molecule has 0 amide bonds. The minimum Gasteiger partial charge on any atom is -0.250 e. The van der Waals surface area contributed by atoms with Crippen LogP contribution in [0.5, 0.6) is 0 Å². The predicted octanol–water partition coefficient (Wildman–Crippen LogP) is 4.54. The van der Waals surface area contributed by atoms with Crippen molar-refractivity contribution in [3.05, 3.63) is 92.5 Å². The van der Waals surface area contributed by atoms with Crippen molar-refractivity contribution >= 4 is 36.9 Å². The summed E-state index contributed by atoms with van der Waals surface area (Å²) in [6.07, 6.45) is 3.19. The van der Waals surface area contributed by atoms with Gasteiger partial charge in [-0.15, -0.1) is 0 Å². The van der Waals surface area contributed by atoms with Crippen molar-refractivity contribution in [2.75, 3.05) is 0 Å². The molecule has 4 aromatic rings. The number of aryl methyl sites for hydroxylation is 2. The van der Waals surface area contributed by atoms with Crippen LogP contribution in [-0.2, 0) is 0 Å². The first kappa shape index (κ1) is 23.0. The standard InChI is InChI=1S/2C10H9FN4S/c2*1-7-13-14-10(16)15(7)12-6-8-2-4-9(11)5-3-8/h2*2-6H,1H3,(H,14,16)/b2*12-6+. The quantitative estimate of drug-likeness (QED) is 0.337. The molecule has 2 heterocycles. The average Bonchev–Trinajstić information content (AvgIpc) is 3.28. The molecule has 0 unspecified atom stereocenters. The van der Waals surface area contributed by atoms with Crippen LogP contribution in [0, 0.1) is 35.0 Å². The molecular formula is C20H18F2N8S2. The van der Waals surface area contributed by atoms with Gasteiger partial charge >= 0.3 is 0 Å². The number of hydrogen-bond acceptors (Lipinski definition) is 6. The smallest absolute Gasteiger partial charge is 0.216 e. The fourth-order valence-electron chi connectivity index (χ4n) is 2.36. The van der Waals surface area contributed by atoms with Crippen molar-refractivity contribution in [3.8, 4) is 0 Å². The third kappa shape index (κ3) is 6.18. The topological polar surface area (TPSA) is 91.9 Å². The van der Waals surface area contributed by atoms with Gasteiger partial charge in [-0.05, 0) is 73.7 Å². The van der Waals surface area contributed by atoms with Crippen LogP contribution in [0.3, 0.4) is 0 Å². The van der Waals surface area contributed by atoms with Crippen molar-refractivity contribution in [2.24, 2.45) is 10.2 Å². The SMILES string of the molecule is Cc1n[nH]c(=S)n1/N=C/c1ccc(F)cc1.Cc1n[nH]c(=S)n1/N=C/c1ccc(F)cc1. The van der Waals surface area contributed by atoms with Crippen molar-refractivity contribution < 1.29 is 8.78 Å². The van der Waals surface area contributed by atoms with Gasteiger partial charge in [0.25, 0.3) is 0 Å². The number of nitrogens with zero attached hydrogens (tertiary/aromatic N) is 6. The van der Waals surface area contributed by atoms with Gasteiger partial charge in [0, 0.05) is 0 Å². The van der Waals surface area contributed by atoms with Crippen LogP contribution in [0.4, 0.5) is 8.78 Å². The summed E-state index contributed by atoms with van der Waals surface area (Å²) < 4.78 is 29.1. The number of rotatable bonds is 4. The Balaban J connectivity index is 0.000000181. The molecule has 0 spiro atoms. The van der Waals surface area contributed by atoms with Crippen molar-refractivity contribution in [1.29, 1.82) is 0 Å². The van der Waals surface area contributed by atoms with Gasteiger partial charge in [0.05, 0.1) is 12.4 Å². The first-order valence-corrected chi connectivity index (χ1v) is 10.0. The Morgan fingerprint density at radius 2 is 1.06 bits per heavy atom. The fourth-order valence-corrected chi connectivity index (χ4v) is 2.81. The van der Waals surface area contributed by atoms with Crippen LogP contribution >= 0.6 is 24.4 Å². The number of hydrogen-bond donors (Lipinski definition) is 2. The molecule has 0 atom stereocenters. The van der Waals surface area contributed by atoms with E-state index in [1.807, 2.05) is 0 Å². The van der Waals surface area contributed by atoms with E-state index in [2.05, 4.69) is 30.6 Å². The van der Waals surface area contributed by atoms with Crippen LogP contribution in [-0.4, -0.2) is 42.2 Å². The number of halogens is 2. The zero-order valence-electron chi connectivity index (χ0n) is 17.0. The van der Waals surface area contributed by atoms with Gasteiger partial charge in [0.2, 0.25) is 9.54 Å². The van der Waals surface area contributed by atoms with Gasteiger partial charge in [-0.3, -0.25) is 10.2 Å². The molecule has 0 aliphatic heterocycles. The normalized spacial score (nSPS) is 11.1. The summed E-state index contributed by atoms with van der Waals surface area (Å²) in [6, 6.07) is 12.1. The summed E-state index contributed by atoms with van der Waals surface area (Å²) in [5, 5.41) is 21.4. The molecule has 0 fully saturated rings. The predicted molar refractivity (Wildman–Crippen MR) is 123 cm³/mol. The lowest BCUT2D eigenvalue weighted by molar-refractivity contribution is 0.627. The number of H-pyrrole nitrogens is 2. The van der Waals surface area contributed by atoms with Crippen LogP contribution < -0.4 is 0 Å². The van der Waals surface area contributed by atoms with Crippen LogP contribution in [0.25, 0.3) is 0 Å².